The summed E-state index contributed by atoms with van der Waals surface area (Å²) < 4.78 is 13.1. The van der Waals surface area contributed by atoms with Crippen LogP contribution in [0.4, 0.5) is 10.1 Å². The van der Waals surface area contributed by atoms with Gasteiger partial charge in [-0.3, -0.25) is 4.79 Å². The summed E-state index contributed by atoms with van der Waals surface area (Å²) in [6.45, 7) is 1.26. The molecule has 0 radical (unpaired) electrons. The molecule has 0 unspecified atom stereocenters. The molecule has 5 heteroatoms. The number of carbonyl (C=O) groups is 1. The van der Waals surface area contributed by atoms with Gasteiger partial charge in [0.1, 0.15) is 5.82 Å². The topological polar surface area (TPSA) is 58.4 Å². The van der Waals surface area contributed by atoms with Crippen LogP contribution in [0.5, 0.6) is 0 Å². The first-order chi connectivity index (χ1) is 7.50. The lowest BCUT2D eigenvalue weighted by molar-refractivity contribution is 0.0950. The van der Waals surface area contributed by atoms with Gasteiger partial charge < -0.3 is 16.0 Å². The molecule has 0 fully saturated rings. The number of amides is 1. The van der Waals surface area contributed by atoms with Gasteiger partial charge in [0, 0.05) is 18.7 Å². The molecule has 0 aliphatic heterocycles. The van der Waals surface area contributed by atoms with Crippen molar-refractivity contribution in [2.45, 2.75) is 0 Å². The average molecular weight is 225 g/mol. The Hall–Kier alpha value is -1.62. The minimum absolute atomic E-state index is 0.0461. The minimum Gasteiger partial charge on any atom is -0.396 e. The average Bonchev–Trinajstić information content (AvgIpc) is 2.21. The number of halogens is 1. The van der Waals surface area contributed by atoms with Gasteiger partial charge in [0.05, 0.1) is 5.69 Å². The van der Waals surface area contributed by atoms with Crippen LogP contribution in [0.1, 0.15) is 10.4 Å². The molecule has 1 aromatic rings. The first kappa shape index (κ1) is 12.4. The Morgan fingerprint density at radius 2 is 2.19 bits per heavy atom. The number of anilines is 1. The molecule has 0 spiro atoms. The zero-order valence-corrected chi connectivity index (χ0v) is 9.46. The van der Waals surface area contributed by atoms with Crippen LogP contribution in [-0.2, 0) is 0 Å². The van der Waals surface area contributed by atoms with Crippen LogP contribution in [0.3, 0.4) is 0 Å². The third-order valence-electron chi connectivity index (χ3n) is 2.11. The molecule has 1 aromatic carbocycles. The van der Waals surface area contributed by atoms with E-state index in [9.17, 15) is 9.18 Å². The van der Waals surface area contributed by atoms with Gasteiger partial charge in [-0.2, -0.15) is 0 Å². The van der Waals surface area contributed by atoms with Crippen molar-refractivity contribution in [3.63, 3.8) is 0 Å². The van der Waals surface area contributed by atoms with Crippen molar-refractivity contribution in [1.82, 2.24) is 10.2 Å². The Kier molecular flexibility index (Phi) is 4.25. The predicted molar refractivity (Wildman–Crippen MR) is 61.7 cm³/mol. The van der Waals surface area contributed by atoms with Gasteiger partial charge in [-0.05, 0) is 32.3 Å². The number of benzene rings is 1. The minimum atomic E-state index is -0.569. The second-order valence-corrected chi connectivity index (χ2v) is 3.80. The van der Waals surface area contributed by atoms with Crippen molar-refractivity contribution < 1.29 is 9.18 Å². The third-order valence-corrected chi connectivity index (χ3v) is 2.11. The van der Waals surface area contributed by atoms with Gasteiger partial charge in [-0.15, -0.1) is 0 Å². The molecule has 4 nitrogen and oxygen atoms in total. The van der Waals surface area contributed by atoms with Gasteiger partial charge in [0.2, 0.25) is 0 Å². The van der Waals surface area contributed by atoms with E-state index in [0.29, 0.717) is 6.54 Å². The van der Waals surface area contributed by atoms with Crippen LogP contribution in [0, 0.1) is 5.82 Å². The number of nitrogen functional groups attached to an aromatic ring is 1. The molecular formula is C11H16FN3O. The summed E-state index contributed by atoms with van der Waals surface area (Å²) in [6.07, 6.45) is 0. The zero-order chi connectivity index (χ0) is 12.1. The summed E-state index contributed by atoms with van der Waals surface area (Å²) >= 11 is 0. The number of carbonyl (C=O) groups excluding carboxylic acids is 1. The Bertz CT molecular complexity index is 379. The molecule has 0 saturated carbocycles. The number of hydrogen-bond acceptors (Lipinski definition) is 3. The number of nitrogens with zero attached hydrogens (tertiary/aromatic N) is 1. The second kappa shape index (κ2) is 5.46. The number of nitrogens with two attached hydrogens (primary N) is 1. The summed E-state index contributed by atoms with van der Waals surface area (Å²) in [5.74, 6) is -0.860. The summed E-state index contributed by atoms with van der Waals surface area (Å²) in [6, 6.07) is 4.03. The number of likely N-dealkylation sites (N-methyl/N-ethyl adjacent to an activating group) is 1. The van der Waals surface area contributed by atoms with Crippen LogP contribution >= 0.6 is 0 Å². The normalized spacial score (nSPS) is 10.5. The van der Waals surface area contributed by atoms with E-state index < -0.39 is 5.82 Å². The quantitative estimate of drug-likeness (QED) is 0.742. The fourth-order valence-corrected chi connectivity index (χ4v) is 1.16. The summed E-state index contributed by atoms with van der Waals surface area (Å²) in [5.41, 5.74) is 5.64. The molecule has 16 heavy (non-hydrogen) atoms. The van der Waals surface area contributed by atoms with Gasteiger partial charge in [0.25, 0.3) is 5.91 Å². The molecule has 3 N–H and O–H groups in total. The highest BCUT2D eigenvalue weighted by Gasteiger charge is 2.07. The molecule has 1 rings (SSSR count). The maximum absolute atomic E-state index is 13.1. The smallest absolute Gasteiger partial charge is 0.251 e. The Balaban J connectivity index is 2.56. The summed E-state index contributed by atoms with van der Waals surface area (Å²) in [5, 5.41) is 2.69. The fourth-order valence-electron chi connectivity index (χ4n) is 1.16. The molecule has 0 atom stereocenters. The number of rotatable bonds is 4. The van der Waals surface area contributed by atoms with Crippen molar-refractivity contribution in [1.29, 1.82) is 0 Å². The first-order valence-corrected chi connectivity index (χ1v) is 4.98. The van der Waals surface area contributed by atoms with E-state index in [1.54, 1.807) is 0 Å². The van der Waals surface area contributed by atoms with Gasteiger partial charge >= 0.3 is 0 Å². The van der Waals surface area contributed by atoms with Crippen molar-refractivity contribution >= 4 is 11.6 Å². The number of hydrogen-bond donors (Lipinski definition) is 2. The van der Waals surface area contributed by atoms with E-state index in [-0.39, 0.29) is 17.2 Å². The molecule has 0 aromatic heterocycles. The van der Waals surface area contributed by atoms with Crippen molar-refractivity contribution in [2.75, 3.05) is 32.9 Å². The molecule has 0 heterocycles. The maximum atomic E-state index is 13.1. The lowest BCUT2D eigenvalue weighted by Crippen LogP contribution is -2.31. The largest absolute Gasteiger partial charge is 0.396 e. The molecular weight excluding hydrogens is 209 g/mol. The number of nitrogens with one attached hydrogen (secondary N) is 1. The summed E-state index contributed by atoms with van der Waals surface area (Å²) in [7, 11) is 3.82. The van der Waals surface area contributed by atoms with Crippen molar-refractivity contribution in [2.24, 2.45) is 0 Å². The van der Waals surface area contributed by atoms with E-state index in [4.69, 9.17) is 5.73 Å². The highest BCUT2D eigenvalue weighted by Crippen LogP contribution is 2.11. The van der Waals surface area contributed by atoms with Crippen LogP contribution in [-0.4, -0.2) is 38.0 Å². The molecule has 88 valence electrons. The van der Waals surface area contributed by atoms with E-state index in [0.717, 1.165) is 12.6 Å². The van der Waals surface area contributed by atoms with E-state index in [1.807, 2.05) is 19.0 Å². The monoisotopic (exact) mass is 225 g/mol. The van der Waals surface area contributed by atoms with Crippen LogP contribution in [0.2, 0.25) is 0 Å². The van der Waals surface area contributed by atoms with Crippen LogP contribution in [0.15, 0.2) is 18.2 Å². The first-order valence-electron chi connectivity index (χ1n) is 4.98. The van der Waals surface area contributed by atoms with Gasteiger partial charge in [0.15, 0.2) is 0 Å². The SMILES string of the molecule is CN(C)CCNC(=O)c1ccc(N)c(F)c1. The third kappa shape index (κ3) is 3.51. The van der Waals surface area contributed by atoms with Crippen LogP contribution < -0.4 is 11.1 Å². The highest BCUT2D eigenvalue weighted by molar-refractivity contribution is 5.94. The summed E-state index contributed by atoms with van der Waals surface area (Å²) in [4.78, 5) is 13.5. The molecule has 0 aliphatic carbocycles. The lowest BCUT2D eigenvalue weighted by Gasteiger charge is -2.10. The molecule has 1 amide bonds. The van der Waals surface area contributed by atoms with E-state index in [2.05, 4.69) is 5.32 Å². The lowest BCUT2D eigenvalue weighted by atomic mass is 10.2. The zero-order valence-electron chi connectivity index (χ0n) is 9.46. The predicted octanol–water partition coefficient (Wildman–Crippen LogP) is 0.699. The Morgan fingerprint density at radius 1 is 1.50 bits per heavy atom. The van der Waals surface area contributed by atoms with E-state index >= 15 is 0 Å². The van der Waals surface area contributed by atoms with Crippen LogP contribution in [0.25, 0.3) is 0 Å². The van der Waals surface area contributed by atoms with Gasteiger partial charge in [-0.1, -0.05) is 0 Å². The fraction of sp³-hybridized carbons (Fsp3) is 0.364. The Morgan fingerprint density at radius 3 is 2.75 bits per heavy atom. The molecule has 0 bridgehead atoms. The highest BCUT2D eigenvalue weighted by atomic mass is 19.1. The van der Waals surface area contributed by atoms with Crippen molar-refractivity contribution in [3.05, 3.63) is 29.6 Å². The van der Waals surface area contributed by atoms with Gasteiger partial charge in [-0.25, -0.2) is 4.39 Å². The Labute approximate surface area is 94.2 Å². The second-order valence-electron chi connectivity index (χ2n) is 3.80. The molecule has 0 saturated heterocycles. The van der Waals surface area contributed by atoms with E-state index in [1.165, 1.54) is 12.1 Å². The van der Waals surface area contributed by atoms with Crippen molar-refractivity contribution in [3.8, 4) is 0 Å². The standard InChI is InChI=1S/C11H16FN3O/c1-15(2)6-5-14-11(16)8-3-4-10(13)9(12)7-8/h3-4,7H,5-6,13H2,1-2H3,(H,14,16). The molecule has 0 aliphatic rings. The maximum Gasteiger partial charge on any atom is 0.251 e.